The molecule has 2 amide bonds. The van der Waals surface area contributed by atoms with E-state index in [-0.39, 0.29) is 30.6 Å². The Labute approximate surface area is 227 Å². The molecular formula is C26H33Cl2N5O4. The van der Waals surface area contributed by atoms with Gasteiger partial charge in [-0.15, -0.1) is 5.10 Å². The normalized spacial score (nSPS) is 14.7. The smallest absolute Gasteiger partial charge is 0.313 e. The van der Waals surface area contributed by atoms with Crippen LogP contribution in [-0.4, -0.2) is 56.8 Å². The third-order valence-electron chi connectivity index (χ3n) is 5.90. The van der Waals surface area contributed by atoms with Crippen molar-refractivity contribution in [3.8, 4) is 0 Å². The number of ether oxygens (including phenoxy) is 1. The molecule has 0 spiro atoms. The summed E-state index contributed by atoms with van der Waals surface area (Å²) in [4.78, 5) is 38.5. The van der Waals surface area contributed by atoms with Crippen molar-refractivity contribution in [2.45, 2.75) is 65.6 Å². The fraction of sp³-hybridized carbons (Fsp3) is 0.500. The monoisotopic (exact) mass is 549 g/mol. The molecule has 1 aliphatic rings. The van der Waals surface area contributed by atoms with Crippen LogP contribution in [0, 0.1) is 5.41 Å². The first-order chi connectivity index (χ1) is 17.5. The van der Waals surface area contributed by atoms with Crippen molar-refractivity contribution in [2.75, 3.05) is 13.1 Å². The van der Waals surface area contributed by atoms with E-state index >= 15 is 0 Å². The lowest BCUT2D eigenvalue weighted by Crippen LogP contribution is -2.46. The van der Waals surface area contributed by atoms with E-state index in [0.717, 1.165) is 11.3 Å². The number of rotatable bonds is 9. The SMILES string of the molecule is CC(C)(C)C(=O)OCn1cc(CCCC(=O)NC2CCN(C(=O)C=Cc3ccc(Cl)cc3Cl)CC2)nn1. The summed E-state index contributed by atoms with van der Waals surface area (Å²) in [6.45, 7) is 6.52. The molecule has 0 unspecified atom stereocenters. The van der Waals surface area contributed by atoms with Gasteiger partial charge in [0.05, 0.1) is 17.3 Å². The molecule has 1 aromatic carbocycles. The maximum absolute atomic E-state index is 12.5. The lowest BCUT2D eigenvalue weighted by molar-refractivity contribution is -0.157. The second kappa shape index (κ2) is 13.1. The zero-order valence-corrected chi connectivity index (χ0v) is 22.9. The molecule has 0 atom stereocenters. The van der Waals surface area contributed by atoms with Gasteiger partial charge in [-0.05, 0) is 70.2 Å². The number of halogens is 2. The molecule has 1 aromatic heterocycles. The first-order valence-corrected chi connectivity index (χ1v) is 13.0. The van der Waals surface area contributed by atoms with E-state index in [9.17, 15) is 14.4 Å². The quantitative estimate of drug-likeness (QED) is 0.369. The molecule has 0 radical (unpaired) electrons. The van der Waals surface area contributed by atoms with Gasteiger partial charge in [0.1, 0.15) is 0 Å². The molecule has 2 heterocycles. The standard InChI is InChI=1S/C26H33Cl2N5O4/c1-26(2,3)25(36)37-17-33-16-21(30-31-33)5-4-6-23(34)29-20-11-13-32(14-12-20)24(35)10-8-18-7-9-19(27)15-22(18)28/h7-10,15-16,20H,4-6,11-14,17H2,1-3H3,(H,29,34). The van der Waals surface area contributed by atoms with Crippen LogP contribution < -0.4 is 5.32 Å². The molecule has 200 valence electrons. The molecule has 0 bridgehead atoms. The average molecular weight is 550 g/mol. The Kier molecular flexibility index (Phi) is 10.1. The zero-order valence-electron chi connectivity index (χ0n) is 21.4. The molecule has 2 aromatic rings. The minimum Gasteiger partial charge on any atom is -0.442 e. The van der Waals surface area contributed by atoms with Crippen molar-refractivity contribution in [3.05, 3.63) is 51.8 Å². The Morgan fingerprint density at radius 3 is 2.59 bits per heavy atom. The van der Waals surface area contributed by atoms with E-state index in [2.05, 4.69) is 15.6 Å². The first-order valence-electron chi connectivity index (χ1n) is 12.3. The molecule has 1 aliphatic heterocycles. The topological polar surface area (TPSA) is 106 Å². The molecule has 1 fully saturated rings. The van der Waals surface area contributed by atoms with Gasteiger partial charge in [-0.2, -0.15) is 0 Å². The lowest BCUT2D eigenvalue weighted by atomic mass is 9.98. The summed E-state index contributed by atoms with van der Waals surface area (Å²) in [6, 6.07) is 5.17. The minimum absolute atomic E-state index is 0.00938. The summed E-state index contributed by atoms with van der Waals surface area (Å²) in [5.74, 6) is -0.415. The Morgan fingerprint density at radius 2 is 1.92 bits per heavy atom. The highest BCUT2D eigenvalue weighted by atomic mass is 35.5. The fourth-order valence-corrected chi connectivity index (χ4v) is 4.21. The number of aromatic nitrogens is 3. The van der Waals surface area contributed by atoms with Crippen LogP contribution in [0.5, 0.6) is 0 Å². The van der Waals surface area contributed by atoms with Crippen LogP contribution in [0.3, 0.4) is 0 Å². The molecular weight excluding hydrogens is 517 g/mol. The number of hydrogen-bond donors (Lipinski definition) is 1. The van der Waals surface area contributed by atoms with Gasteiger partial charge in [-0.25, -0.2) is 4.68 Å². The molecule has 1 saturated heterocycles. The van der Waals surface area contributed by atoms with Gasteiger partial charge in [0.15, 0.2) is 6.73 Å². The number of aryl methyl sites for hydroxylation is 1. The van der Waals surface area contributed by atoms with Crippen molar-refractivity contribution in [3.63, 3.8) is 0 Å². The Morgan fingerprint density at radius 1 is 1.19 bits per heavy atom. The highest BCUT2D eigenvalue weighted by Gasteiger charge is 2.24. The number of amides is 2. The summed E-state index contributed by atoms with van der Waals surface area (Å²) in [5, 5.41) is 12.1. The van der Waals surface area contributed by atoms with E-state index in [1.54, 1.807) is 56.1 Å². The number of nitrogens with one attached hydrogen (secondary N) is 1. The largest absolute Gasteiger partial charge is 0.442 e. The van der Waals surface area contributed by atoms with E-state index in [4.69, 9.17) is 27.9 Å². The fourth-order valence-electron chi connectivity index (χ4n) is 3.73. The second-order valence-electron chi connectivity index (χ2n) is 10.1. The molecule has 1 N–H and O–H groups in total. The van der Waals surface area contributed by atoms with Crippen molar-refractivity contribution < 1.29 is 19.1 Å². The number of benzene rings is 1. The Balaban J connectivity index is 1.33. The van der Waals surface area contributed by atoms with Crippen LogP contribution in [0.1, 0.15) is 57.7 Å². The van der Waals surface area contributed by atoms with E-state index in [0.29, 0.717) is 55.2 Å². The Bertz CT molecular complexity index is 1130. The molecule has 37 heavy (non-hydrogen) atoms. The minimum atomic E-state index is -0.577. The molecule has 9 nitrogen and oxygen atoms in total. The summed E-state index contributed by atoms with van der Waals surface area (Å²) in [7, 11) is 0. The molecule has 0 aliphatic carbocycles. The average Bonchev–Trinajstić information content (AvgIpc) is 3.29. The predicted molar refractivity (Wildman–Crippen MR) is 142 cm³/mol. The number of esters is 1. The van der Waals surface area contributed by atoms with E-state index in [1.165, 1.54) is 10.8 Å². The lowest BCUT2D eigenvalue weighted by Gasteiger charge is -2.31. The third-order valence-corrected chi connectivity index (χ3v) is 6.47. The molecule has 3 rings (SSSR count). The zero-order chi connectivity index (χ0) is 27.0. The number of piperidine rings is 1. The maximum Gasteiger partial charge on any atom is 0.313 e. The van der Waals surface area contributed by atoms with Crippen LogP contribution in [0.2, 0.25) is 10.0 Å². The molecule has 11 heteroatoms. The van der Waals surface area contributed by atoms with Crippen LogP contribution in [0.15, 0.2) is 30.5 Å². The Hall–Kier alpha value is -2.91. The third kappa shape index (κ3) is 9.16. The van der Waals surface area contributed by atoms with Crippen molar-refractivity contribution in [1.29, 1.82) is 0 Å². The van der Waals surface area contributed by atoms with Crippen LogP contribution in [-0.2, 0) is 32.3 Å². The van der Waals surface area contributed by atoms with Gasteiger partial charge in [0, 0.05) is 41.7 Å². The summed E-state index contributed by atoms with van der Waals surface area (Å²) in [5.41, 5.74) is 0.889. The van der Waals surface area contributed by atoms with Gasteiger partial charge in [0.2, 0.25) is 11.8 Å². The van der Waals surface area contributed by atoms with E-state index in [1.807, 2.05) is 0 Å². The molecule has 0 saturated carbocycles. The maximum atomic E-state index is 12.5. The number of carbonyl (C=O) groups is 3. The highest BCUT2D eigenvalue weighted by Crippen LogP contribution is 2.22. The predicted octanol–water partition coefficient (Wildman–Crippen LogP) is 4.28. The van der Waals surface area contributed by atoms with Gasteiger partial charge in [0.25, 0.3) is 0 Å². The van der Waals surface area contributed by atoms with Crippen molar-refractivity contribution >= 4 is 47.1 Å². The van der Waals surface area contributed by atoms with Crippen molar-refractivity contribution in [2.24, 2.45) is 5.41 Å². The summed E-state index contributed by atoms with van der Waals surface area (Å²) in [6.07, 6.45) is 7.92. The number of likely N-dealkylation sites (tertiary alicyclic amines) is 1. The number of carbonyl (C=O) groups excluding carboxylic acids is 3. The summed E-state index contributed by atoms with van der Waals surface area (Å²) < 4.78 is 6.68. The van der Waals surface area contributed by atoms with Gasteiger partial charge in [-0.1, -0.05) is 34.5 Å². The second-order valence-corrected chi connectivity index (χ2v) is 10.9. The summed E-state index contributed by atoms with van der Waals surface area (Å²) >= 11 is 12.1. The first kappa shape index (κ1) is 28.7. The van der Waals surface area contributed by atoms with Crippen molar-refractivity contribution in [1.82, 2.24) is 25.2 Å². The highest BCUT2D eigenvalue weighted by molar-refractivity contribution is 6.35. The van der Waals surface area contributed by atoms with Crippen LogP contribution in [0.4, 0.5) is 0 Å². The van der Waals surface area contributed by atoms with E-state index < -0.39 is 5.41 Å². The van der Waals surface area contributed by atoms with Gasteiger partial charge < -0.3 is 15.0 Å². The number of nitrogens with zero attached hydrogens (tertiary/aromatic N) is 4. The van der Waals surface area contributed by atoms with Crippen LogP contribution >= 0.6 is 23.2 Å². The number of hydrogen-bond acceptors (Lipinski definition) is 6. The van der Waals surface area contributed by atoms with Gasteiger partial charge >= 0.3 is 5.97 Å². The van der Waals surface area contributed by atoms with Crippen LogP contribution in [0.25, 0.3) is 6.08 Å². The van der Waals surface area contributed by atoms with Gasteiger partial charge in [-0.3, -0.25) is 14.4 Å².